The lowest BCUT2D eigenvalue weighted by Gasteiger charge is -2.12. The van der Waals surface area contributed by atoms with Crippen molar-refractivity contribution in [1.82, 2.24) is 15.6 Å². The first-order valence-corrected chi connectivity index (χ1v) is 9.17. The zero-order valence-corrected chi connectivity index (χ0v) is 18.4. The molecular formula is C18H22F3IN4OS. The van der Waals surface area contributed by atoms with Crippen LogP contribution in [-0.2, 0) is 19.3 Å². The predicted octanol–water partition coefficient (Wildman–Crippen LogP) is 4.60. The van der Waals surface area contributed by atoms with Crippen LogP contribution in [-0.4, -0.2) is 24.1 Å². The summed E-state index contributed by atoms with van der Waals surface area (Å²) in [4.78, 5) is 8.06. The lowest BCUT2D eigenvalue weighted by molar-refractivity contribution is -0.140. The van der Waals surface area contributed by atoms with E-state index in [9.17, 15) is 13.2 Å². The molecular weight excluding hydrogens is 504 g/mol. The summed E-state index contributed by atoms with van der Waals surface area (Å²) >= 11 is 0.957. The molecule has 1 heterocycles. The average molecular weight is 526 g/mol. The first-order valence-electron chi connectivity index (χ1n) is 8.29. The van der Waals surface area contributed by atoms with Gasteiger partial charge in [-0.25, -0.2) is 9.98 Å². The van der Waals surface area contributed by atoms with Crippen molar-refractivity contribution in [2.45, 2.75) is 26.2 Å². The van der Waals surface area contributed by atoms with Gasteiger partial charge in [-0.05, 0) is 13.0 Å². The normalized spacial score (nSPS) is 11.5. The predicted molar refractivity (Wildman–Crippen MR) is 116 cm³/mol. The van der Waals surface area contributed by atoms with Crippen molar-refractivity contribution >= 4 is 41.3 Å². The van der Waals surface area contributed by atoms with Gasteiger partial charge in [0, 0.05) is 17.5 Å². The highest BCUT2D eigenvalue weighted by Gasteiger charge is 2.33. The summed E-state index contributed by atoms with van der Waals surface area (Å²) in [7, 11) is 0. The maximum atomic E-state index is 12.6. The number of hydrogen-bond acceptors (Lipinski definition) is 4. The van der Waals surface area contributed by atoms with E-state index in [0.29, 0.717) is 36.4 Å². The van der Waals surface area contributed by atoms with Crippen LogP contribution >= 0.6 is 35.3 Å². The molecule has 0 bridgehead atoms. The monoisotopic (exact) mass is 526 g/mol. The molecule has 2 rings (SSSR count). The lowest BCUT2D eigenvalue weighted by Crippen LogP contribution is -2.36. The van der Waals surface area contributed by atoms with E-state index in [1.807, 2.05) is 31.2 Å². The van der Waals surface area contributed by atoms with Crippen LogP contribution in [0.15, 0.2) is 47.3 Å². The first-order chi connectivity index (χ1) is 12.9. The van der Waals surface area contributed by atoms with E-state index < -0.39 is 11.9 Å². The number of ether oxygens (including phenoxy) is 1. The van der Waals surface area contributed by atoms with Gasteiger partial charge in [0.1, 0.15) is 17.4 Å². The summed E-state index contributed by atoms with van der Waals surface area (Å²) in [6.45, 7) is 7.05. The second-order valence-corrected chi connectivity index (χ2v) is 6.32. The number of benzene rings is 1. The van der Waals surface area contributed by atoms with Crippen molar-refractivity contribution < 1.29 is 17.9 Å². The minimum absolute atomic E-state index is 0. The summed E-state index contributed by atoms with van der Waals surface area (Å²) in [5.74, 6) is 1.20. The molecule has 0 unspecified atom stereocenters. The number of nitrogens with zero attached hydrogens (tertiary/aromatic N) is 2. The summed E-state index contributed by atoms with van der Waals surface area (Å²) in [5, 5.41) is 7.40. The van der Waals surface area contributed by atoms with Crippen molar-refractivity contribution in [3.05, 3.63) is 58.6 Å². The molecule has 2 N–H and O–H groups in total. The maximum Gasteiger partial charge on any atom is 0.434 e. The fraction of sp³-hybridized carbons (Fsp3) is 0.333. The van der Waals surface area contributed by atoms with Crippen LogP contribution in [0.2, 0.25) is 0 Å². The van der Waals surface area contributed by atoms with Crippen molar-refractivity contribution in [3.63, 3.8) is 0 Å². The van der Waals surface area contributed by atoms with Gasteiger partial charge in [0.25, 0.3) is 0 Å². The Morgan fingerprint density at radius 3 is 2.71 bits per heavy atom. The molecule has 28 heavy (non-hydrogen) atoms. The molecule has 0 aliphatic rings. The third-order valence-corrected chi connectivity index (χ3v) is 4.18. The second kappa shape index (κ2) is 11.9. The second-order valence-electron chi connectivity index (χ2n) is 5.38. The van der Waals surface area contributed by atoms with Crippen LogP contribution in [0.1, 0.15) is 23.2 Å². The number of nitrogens with one attached hydrogen (secondary N) is 2. The molecule has 10 heteroatoms. The molecule has 0 aliphatic carbocycles. The Labute approximate surface area is 183 Å². The van der Waals surface area contributed by atoms with Gasteiger partial charge >= 0.3 is 6.18 Å². The summed E-state index contributed by atoms with van der Waals surface area (Å²) in [6.07, 6.45) is -2.77. The highest BCUT2D eigenvalue weighted by atomic mass is 127. The minimum atomic E-state index is -4.43. The number of rotatable bonds is 8. The Kier molecular flexibility index (Phi) is 10.3. The molecule has 0 atom stereocenters. The van der Waals surface area contributed by atoms with Gasteiger partial charge < -0.3 is 15.4 Å². The van der Waals surface area contributed by atoms with E-state index in [2.05, 4.69) is 27.2 Å². The van der Waals surface area contributed by atoms with E-state index in [4.69, 9.17) is 4.74 Å². The van der Waals surface area contributed by atoms with Gasteiger partial charge in [-0.15, -0.1) is 35.3 Å². The number of halogens is 4. The number of hydrogen-bond donors (Lipinski definition) is 2. The van der Waals surface area contributed by atoms with Crippen LogP contribution in [0.3, 0.4) is 0 Å². The van der Waals surface area contributed by atoms with Gasteiger partial charge in [0.2, 0.25) is 0 Å². The molecule has 1 aromatic heterocycles. The standard InChI is InChI=1S/C18H21F3N4OS.HI/c1-3-9-26-14-8-6-5-7-13(14)10-23-17(22-4-2)24-11-16-25-15(12-27-16)18(19,20)21;/h3,5-8,12H,1,4,9-11H2,2H3,(H2,22,23,24);1H. The summed E-state index contributed by atoms with van der Waals surface area (Å²) in [6, 6.07) is 7.51. The maximum absolute atomic E-state index is 12.6. The van der Waals surface area contributed by atoms with E-state index in [0.717, 1.165) is 22.3 Å². The first kappa shape index (κ1) is 24.2. The smallest absolute Gasteiger partial charge is 0.434 e. The quantitative estimate of drug-likeness (QED) is 0.229. The Morgan fingerprint density at radius 2 is 2.07 bits per heavy atom. The van der Waals surface area contributed by atoms with Crippen LogP contribution < -0.4 is 15.4 Å². The lowest BCUT2D eigenvalue weighted by atomic mass is 10.2. The van der Waals surface area contributed by atoms with Gasteiger partial charge in [0.05, 0.1) is 13.1 Å². The SMILES string of the molecule is C=CCOc1ccccc1CN=C(NCC)NCc1nc(C(F)(F)F)cs1.I. The third kappa shape index (κ3) is 7.66. The number of alkyl halides is 3. The van der Waals surface area contributed by atoms with Crippen LogP contribution in [0.25, 0.3) is 0 Å². The molecule has 2 aromatic rings. The Balaban J connectivity index is 0.00000392. The molecule has 154 valence electrons. The fourth-order valence-corrected chi connectivity index (χ4v) is 2.85. The Morgan fingerprint density at radius 1 is 1.32 bits per heavy atom. The van der Waals surface area contributed by atoms with Crippen LogP contribution in [0.4, 0.5) is 13.2 Å². The molecule has 0 radical (unpaired) electrons. The van der Waals surface area contributed by atoms with E-state index in [1.165, 1.54) is 0 Å². The number of thiazole rings is 1. The fourth-order valence-electron chi connectivity index (χ4n) is 2.11. The molecule has 0 fully saturated rings. The van der Waals surface area contributed by atoms with Crippen molar-refractivity contribution in [2.24, 2.45) is 4.99 Å². The van der Waals surface area contributed by atoms with E-state index in [-0.39, 0.29) is 30.5 Å². The number of aromatic nitrogens is 1. The highest BCUT2D eigenvalue weighted by Crippen LogP contribution is 2.29. The largest absolute Gasteiger partial charge is 0.489 e. The Bertz CT molecular complexity index is 780. The summed E-state index contributed by atoms with van der Waals surface area (Å²) < 4.78 is 43.5. The van der Waals surface area contributed by atoms with Crippen molar-refractivity contribution in [1.29, 1.82) is 0 Å². The molecule has 0 saturated heterocycles. The Hall–Kier alpha value is -1.82. The summed E-state index contributed by atoms with van der Waals surface area (Å²) in [5.41, 5.74) is 0.0182. The van der Waals surface area contributed by atoms with Gasteiger partial charge in [-0.2, -0.15) is 13.2 Å². The number of guanidine groups is 1. The van der Waals surface area contributed by atoms with E-state index >= 15 is 0 Å². The minimum Gasteiger partial charge on any atom is -0.489 e. The van der Waals surface area contributed by atoms with Gasteiger partial charge in [0.15, 0.2) is 11.7 Å². The van der Waals surface area contributed by atoms with E-state index in [1.54, 1.807) is 6.08 Å². The molecule has 0 amide bonds. The van der Waals surface area contributed by atoms with Crippen LogP contribution in [0.5, 0.6) is 5.75 Å². The molecule has 1 aromatic carbocycles. The van der Waals surface area contributed by atoms with Crippen LogP contribution in [0, 0.1) is 0 Å². The third-order valence-electron chi connectivity index (χ3n) is 3.33. The van der Waals surface area contributed by atoms with Crippen molar-refractivity contribution in [2.75, 3.05) is 13.2 Å². The highest BCUT2D eigenvalue weighted by molar-refractivity contribution is 14.0. The molecule has 0 aliphatic heterocycles. The van der Waals surface area contributed by atoms with Gasteiger partial charge in [-0.3, -0.25) is 0 Å². The number of para-hydroxylation sites is 1. The topological polar surface area (TPSA) is 58.5 Å². The molecule has 0 spiro atoms. The zero-order chi connectivity index (χ0) is 19.7. The average Bonchev–Trinajstić information content (AvgIpc) is 3.12. The number of aliphatic imine (C=N–C) groups is 1. The van der Waals surface area contributed by atoms with Gasteiger partial charge in [-0.1, -0.05) is 30.9 Å². The molecule has 0 saturated carbocycles. The molecule has 5 nitrogen and oxygen atoms in total. The zero-order valence-electron chi connectivity index (χ0n) is 15.3. The van der Waals surface area contributed by atoms with Crippen molar-refractivity contribution in [3.8, 4) is 5.75 Å².